The fourth-order valence-electron chi connectivity index (χ4n) is 13.8. The van der Waals surface area contributed by atoms with Gasteiger partial charge in [-0.2, -0.15) is 39.5 Å². The molecule has 24 heteroatoms. The number of anilines is 3. The van der Waals surface area contributed by atoms with E-state index in [0.717, 1.165) is 36.4 Å². The molecule has 1 unspecified atom stereocenters. The van der Waals surface area contributed by atoms with Crippen LogP contribution in [-0.4, -0.2) is 85.4 Å². The number of aryl methyl sites for hydroxylation is 1. The molecule has 0 spiro atoms. The molecule has 452 valence electrons. The van der Waals surface area contributed by atoms with Crippen LogP contribution in [0.4, 0.5) is 56.6 Å². The first-order chi connectivity index (χ1) is 40.5. The maximum absolute atomic E-state index is 15.3. The number of pyridine rings is 3. The van der Waals surface area contributed by atoms with E-state index in [-0.39, 0.29) is 85.7 Å². The molecule has 6 aliphatic heterocycles. The minimum Gasteiger partial charge on any atom is -0.371 e. The Labute approximate surface area is 487 Å². The number of hydrogen-bond donors (Lipinski definition) is 0. The number of hydrogen-bond acceptors (Lipinski definition) is 9. The Morgan fingerprint density at radius 3 is 1.07 bits per heavy atom. The summed E-state index contributed by atoms with van der Waals surface area (Å²) in [5, 5.41) is 0. The summed E-state index contributed by atoms with van der Waals surface area (Å²) in [6.45, 7) is 9.50. The van der Waals surface area contributed by atoms with E-state index >= 15 is 4.79 Å². The first kappa shape index (κ1) is 58.1. The van der Waals surface area contributed by atoms with E-state index < -0.39 is 70.0 Å². The van der Waals surface area contributed by atoms with E-state index in [2.05, 4.69) is 0 Å². The zero-order valence-corrected chi connectivity index (χ0v) is 47.5. The zero-order chi connectivity index (χ0) is 61.4. The normalized spacial score (nSPS) is 19.8. The quantitative estimate of drug-likeness (QED) is 0.116. The predicted molar refractivity (Wildman–Crippen MR) is 300 cm³/mol. The van der Waals surface area contributed by atoms with Gasteiger partial charge in [0.05, 0.1) is 77.2 Å². The molecule has 0 bridgehead atoms. The van der Waals surface area contributed by atoms with Gasteiger partial charge in [0.15, 0.2) is 0 Å². The molecule has 6 aromatic rings. The fourth-order valence-corrected chi connectivity index (χ4v) is 13.8. The van der Waals surface area contributed by atoms with E-state index in [4.69, 9.17) is 0 Å². The van der Waals surface area contributed by atoms with Crippen LogP contribution in [0.15, 0.2) is 105 Å². The Hall–Kier alpha value is -8.31. The number of amides is 3. The maximum atomic E-state index is 15.3. The van der Waals surface area contributed by atoms with Gasteiger partial charge in [-0.15, -0.1) is 0 Å². The van der Waals surface area contributed by atoms with Crippen LogP contribution in [-0.2, 0) is 59.6 Å². The van der Waals surface area contributed by atoms with Gasteiger partial charge >= 0.3 is 18.5 Å². The van der Waals surface area contributed by atoms with Crippen molar-refractivity contribution in [1.82, 2.24) is 28.4 Å². The van der Waals surface area contributed by atoms with Crippen LogP contribution in [0.2, 0.25) is 0 Å². The Morgan fingerprint density at radius 1 is 0.430 bits per heavy atom. The Bertz CT molecular complexity index is 3910. The van der Waals surface area contributed by atoms with Gasteiger partial charge in [-0.1, -0.05) is 0 Å². The first-order valence-electron chi connectivity index (χ1n) is 28.5. The standard InChI is InChI=1S/C62H60F9N9O6/c1-33-18-55(85)79(49-31-77(34(2)57(33)49)53(83)20-38-26-74(27-38)44-14-8-41(9-15-44)61(66,67)68)47-23-56(86)80(50-32-78(36(4)59(47)50)54(84)21-39-28-75(29-39)45-16-10-42(11-17-45)62(69,70)71)46-22-51(81)72(5)48-30-76(35(3)58(46)48)52(82)19-37-24-73(25-37)43-12-6-40(7-13-43)60(63,64)65/h6-18,22-23,34-39H,19-21,24-32H2,1-5H3/t34?,35-,36+/m1/s1. The molecule has 3 amide bonds. The molecule has 0 N–H and O–H groups in total. The number of nitrogens with zero attached hydrogens (tertiary/aromatic N) is 9. The highest BCUT2D eigenvalue weighted by atomic mass is 19.4. The summed E-state index contributed by atoms with van der Waals surface area (Å²) in [6.07, 6.45) is -13.2. The molecule has 6 aliphatic rings. The highest BCUT2D eigenvalue weighted by Crippen LogP contribution is 2.45. The largest absolute Gasteiger partial charge is 0.416 e. The SMILES string of the molecule is Cc1cc(=O)n(-c2cc(=O)n(-c3cc(=O)n(C)c4c3[C@@H](C)N(C(=O)CC3CN(c5ccc(C(F)(F)F)cc5)C3)C4)c3c2[C@H](C)N(C(=O)CC2CN(c4ccc(C(F)(F)F)cc4)C2)C3)c2c1C(C)N(C(=O)CC1CN(c3ccc(C(F)(F)F)cc3)C1)C2. The summed E-state index contributed by atoms with van der Waals surface area (Å²) >= 11 is 0. The predicted octanol–water partition coefficient (Wildman–Crippen LogP) is 9.84. The average molecular weight is 1200 g/mol. The van der Waals surface area contributed by atoms with E-state index in [1.54, 1.807) is 42.5 Å². The van der Waals surface area contributed by atoms with Crippen molar-refractivity contribution in [2.75, 3.05) is 54.0 Å². The second-order valence-electron chi connectivity index (χ2n) is 23.9. The third kappa shape index (κ3) is 10.2. The summed E-state index contributed by atoms with van der Waals surface area (Å²) in [7, 11) is 1.57. The Kier molecular flexibility index (Phi) is 14.2. The highest BCUT2D eigenvalue weighted by Gasteiger charge is 2.45. The lowest BCUT2D eigenvalue weighted by molar-refractivity contribution is -0.138. The molecular formula is C62H60F9N9O6. The van der Waals surface area contributed by atoms with Crippen molar-refractivity contribution in [3.63, 3.8) is 0 Å². The van der Waals surface area contributed by atoms with Crippen LogP contribution in [0.5, 0.6) is 0 Å². The average Bonchev–Trinajstić information content (AvgIpc) is 1.53. The van der Waals surface area contributed by atoms with Crippen molar-refractivity contribution >= 4 is 34.8 Å². The molecule has 0 aliphatic carbocycles. The molecule has 3 aromatic heterocycles. The van der Waals surface area contributed by atoms with Gasteiger partial charge in [0.1, 0.15) is 0 Å². The molecule has 0 saturated carbocycles. The van der Waals surface area contributed by atoms with Gasteiger partial charge in [0.2, 0.25) is 17.7 Å². The molecule has 0 radical (unpaired) electrons. The maximum Gasteiger partial charge on any atom is 0.416 e. The minimum absolute atomic E-state index is 0.0155. The van der Waals surface area contributed by atoms with E-state index in [0.29, 0.717) is 95.7 Å². The van der Waals surface area contributed by atoms with Gasteiger partial charge in [0.25, 0.3) is 16.7 Å². The molecule has 3 aromatic carbocycles. The zero-order valence-electron chi connectivity index (χ0n) is 47.5. The first-order valence-corrected chi connectivity index (χ1v) is 28.5. The number of carbonyl (C=O) groups is 3. The lowest BCUT2D eigenvalue weighted by Crippen LogP contribution is -2.48. The molecule has 3 fully saturated rings. The number of halogens is 9. The summed E-state index contributed by atoms with van der Waals surface area (Å²) in [6, 6.07) is 16.5. The summed E-state index contributed by atoms with van der Waals surface area (Å²) < 4.78 is 124. The molecule has 3 saturated heterocycles. The molecule has 9 heterocycles. The van der Waals surface area contributed by atoms with Crippen LogP contribution >= 0.6 is 0 Å². The molecule has 12 rings (SSSR count). The van der Waals surface area contributed by atoms with Crippen LogP contribution in [0.25, 0.3) is 11.4 Å². The van der Waals surface area contributed by atoms with Gasteiger partial charge in [-0.25, -0.2) is 0 Å². The Balaban J connectivity index is 0.846. The van der Waals surface area contributed by atoms with E-state index in [1.165, 1.54) is 68.3 Å². The number of fused-ring (bicyclic) bond motifs is 3. The molecule has 15 nitrogen and oxygen atoms in total. The second kappa shape index (κ2) is 21.0. The lowest BCUT2D eigenvalue weighted by Gasteiger charge is -2.41. The molecule has 86 heavy (non-hydrogen) atoms. The topological polar surface area (TPSA) is 137 Å². The smallest absolute Gasteiger partial charge is 0.371 e. The molecule has 3 atom stereocenters. The summed E-state index contributed by atoms with van der Waals surface area (Å²) in [4.78, 5) is 98.1. The van der Waals surface area contributed by atoms with Crippen LogP contribution < -0.4 is 31.4 Å². The van der Waals surface area contributed by atoms with Crippen molar-refractivity contribution < 1.29 is 53.9 Å². The highest BCUT2D eigenvalue weighted by molar-refractivity contribution is 5.81. The third-order valence-electron chi connectivity index (χ3n) is 18.5. The number of benzene rings is 3. The van der Waals surface area contributed by atoms with E-state index in [9.17, 15) is 63.5 Å². The number of carbonyl (C=O) groups excluding carboxylic acids is 3. The second-order valence-corrected chi connectivity index (χ2v) is 23.9. The van der Waals surface area contributed by atoms with Crippen molar-refractivity contribution in [3.8, 4) is 11.4 Å². The van der Waals surface area contributed by atoms with Crippen LogP contribution in [0, 0.1) is 24.7 Å². The van der Waals surface area contributed by atoms with Crippen molar-refractivity contribution in [3.05, 3.63) is 178 Å². The van der Waals surface area contributed by atoms with Gasteiger partial charge < -0.3 is 34.0 Å². The minimum atomic E-state index is -4.51. The third-order valence-corrected chi connectivity index (χ3v) is 18.5. The summed E-state index contributed by atoms with van der Waals surface area (Å²) in [5.41, 5.74) is 1.62. The number of aromatic nitrogens is 3. The van der Waals surface area contributed by atoms with Crippen LogP contribution in [0.1, 0.15) is 114 Å². The summed E-state index contributed by atoms with van der Waals surface area (Å²) in [5.74, 6) is -1.19. The van der Waals surface area contributed by atoms with Crippen LogP contribution in [0.3, 0.4) is 0 Å². The van der Waals surface area contributed by atoms with Gasteiger partial charge in [-0.05, 0) is 112 Å². The lowest BCUT2D eigenvalue weighted by atomic mass is 9.94. The van der Waals surface area contributed by atoms with Crippen molar-refractivity contribution in [2.24, 2.45) is 24.8 Å². The number of rotatable bonds is 11. The van der Waals surface area contributed by atoms with E-state index in [1.807, 2.05) is 21.6 Å². The fraction of sp³-hybridized carbons (Fsp3) is 0.419. The Morgan fingerprint density at radius 2 is 0.721 bits per heavy atom. The van der Waals surface area contributed by atoms with Crippen molar-refractivity contribution in [2.45, 2.75) is 103 Å². The van der Waals surface area contributed by atoms with Crippen molar-refractivity contribution in [1.29, 1.82) is 0 Å². The van der Waals surface area contributed by atoms with Gasteiger partial charge in [0, 0.05) is 135 Å². The number of alkyl halides is 9. The van der Waals surface area contributed by atoms with Gasteiger partial charge in [-0.3, -0.25) is 37.9 Å². The monoisotopic (exact) mass is 1200 g/mol. The molecular weight excluding hydrogens is 1140 g/mol.